The molecule has 1 aromatic rings. The Morgan fingerprint density at radius 1 is 1.20 bits per heavy atom. The van der Waals surface area contributed by atoms with Gasteiger partial charge in [0.2, 0.25) is 0 Å². The van der Waals surface area contributed by atoms with Crippen molar-refractivity contribution in [3.63, 3.8) is 0 Å². The molecular formula is C15H20O5. The Morgan fingerprint density at radius 3 is 2.70 bits per heavy atom. The Balaban J connectivity index is 1.91. The summed E-state index contributed by atoms with van der Waals surface area (Å²) >= 11 is 0. The molecule has 5 nitrogen and oxygen atoms in total. The van der Waals surface area contributed by atoms with Gasteiger partial charge in [-0.05, 0) is 37.0 Å². The summed E-state index contributed by atoms with van der Waals surface area (Å²) in [6, 6.07) is 5.45. The number of carboxylic acids is 1. The third-order valence-electron chi connectivity index (χ3n) is 3.27. The van der Waals surface area contributed by atoms with Crippen LogP contribution in [0.3, 0.4) is 0 Å². The van der Waals surface area contributed by atoms with Crippen molar-refractivity contribution in [2.45, 2.75) is 38.2 Å². The van der Waals surface area contributed by atoms with E-state index in [1.54, 1.807) is 0 Å². The SMILES string of the molecule is O=C(O)CCCCC(O)c1ccc2c(c1)OCCCO2. The van der Waals surface area contributed by atoms with Crippen molar-refractivity contribution in [2.75, 3.05) is 13.2 Å². The van der Waals surface area contributed by atoms with Gasteiger partial charge in [0.15, 0.2) is 11.5 Å². The quantitative estimate of drug-likeness (QED) is 0.783. The second-order valence-electron chi connectivity index (χ2n) is 4.91. The maximum absolute atomic E-state index is 10.4. The topological polar surface area (TPSA) is 76.0 Å². The number of hydrogen-bond acceptors (Lipinski definition) is 4. The zero-order valence-electron chi connectivity index (χ0n) is 11.4. The van der Waals surface area contributed by atoms with Crippen LogP contribution in [0, 0.1) is 0 Å². The highest BCUT2D eigenvalue weighted by atomic mass is 16.5. The van der Waals surface area contributed by atoms with Gasteiger partial charge in [-0.2, -0.15) is 0 Å². The van der Waals surface area contributed by atoms with Crippen LogP contribution in [0.2, 0.25) is 0 Å². The maximum atomic E-state index is 10.4. The van der Waals surface area contributed by atoms with Crippen molar-refractivity contribution in [1.82, 2.24) is 0 Å². The van der Waals surface area contributed by atoms with E-state index >= 15 is 0 Å². The second kappa shape index (κ2) is 7.14. The first kappa shape index (κ1) is 14.7. The van der Waals surface area contributed by atoms with Gasteiger partial charge in [-0.1, -0.05) is 6.07 Å². The molecule has 0 spiro atoms. The van der Waals surface area contributed by atoms with Gasteiger partial charge in [0.25, 0.3) is 0 Å². The standard InChI is InChI=1S/C15H20O5/c16-12(4-1-2-5-15(17)18)11-6-7-13-14(10-11)20-9-3-8-19-13/h6-7,10,12,16H,1-5,8-9H2,(H,17,18). The lowest BCUT2D eigenvalue weighted by atomic mass is 10.0. The predicted octanol–water partition coefficient (Wildman–Crippen LogP) is 2.53. The first-order chi connectivity index (χ1) is 9.66. The van der Waals surface area contributed by atoms with Crippen molar-refractivity contribution < 1.29 is 24.5 Å². The average Bonchev–Trinajstić information content (AvgIpc) is 2.67. The fraction of sp³-hybridized carbons (Fsp3) is 0.533. The summed E-state index contributed by atoms with van der Waals surface area (Å²) in [6.45, 7) is 1.26. The summed E-state index contributed by atoms with van der Waals surface area (Å²) in [5.41, 5.74) is 0.782. The highest BCUT2D eigenvalue weighted by molar-refractivity contribution is 5.66. The first-order valence-corrected chi connectivity index (χ1v) is 6.96. The normalized spacial score (nSPS) is 15.4. The van der Waals surface area contributed by atoms with Crippen molar-refractivity contribution in [2.24, 2.45) is 0 Å². The molecule has 1 atom stereocenters. The number of carbonyl (C=O) groups is 1. The van der Waals surface area contributed by atoms with E-state index in [2.05, 4.69) is 0 Å². The summed E-state index contributed by atoms with van der Waals surface area (Å²) in [5.74, 6) is 0.587. The summed E-state index contributed by atoms with van der Waals surface area (Å²) in [7, 11) is 0. The number of fused-ring (bicyclic) bond motifs is 1. The fourth-order valence-corrected chi connectivity index (χ4v) is 2.17. The summed E-state index contributed by atoms with van der Waals surface area (Å²) in [6.07, 6.45) is 2.21. The van der Waals surface area contributed by atoms with E-state index in [0.717, 1.165) is 12.0 Å². The van der Waals surface area contributed by atoms with Crippen molar-refractivity contribution >= 4 is 5.97 Å². The van der Waals surface area contributed by atoms with Crippen molar-refractivity contribution in [3.8, 4) is 11.5 Å². The monoisotopic (exact) mass is 280 g/mol. The summed E-state index contributed by atoms with van der Waals surface area (Å²) in [5, 5.41) is 18.7. The number of unbranched alkanes of at least 4 members (excludes halogenated alkanes) is 1. The van der Waals surface area contributed by atoms with Crippen LogP contribution in [-0.2, 0) is 4.79 Å². The van der Waals surface area contributed by atoms with Gasteiger partial charge in [-0.15, -0.1) is 0 Å². The number of hydrogen-bond donors (Lipinski definition) is 2. The highest BCUT2D eigenvalue weighted by Crippen LogP contribution is 2.33. The molecule has 0 radical (unpaired) electrons. The minimum absolute atomic E-state index is 0.147. The Labute approximate surface area is 118 Å². The molecule has 2 rings (SSSR count). The zero-order valence-corrected chi connectivity index (χ0v) is 11.4. The maximum Gasteiger partial charge on any atom is 0.303 e. The largest absolute Gasteiger partial charge is 0.490 e. The van der Waals surface area contributed by atoms with E-state index < -0.39 is 12.1 Å². The van der Waals surface area contributed by atoms with Gasteiger partial charge in [-0.3, -0.25) is 4.79 Å². The molecular weight excluding hydrogens is 260 g/mol. The third kappa shape index (κ3) is 4.13. The molecule has 0 aliphatic carbocycles. The molecule has 1 unspecified atom stereocenters. The molecule has 0 amide bonds. The first-order valence-electron chi connectivity index (χ1n) is 6.96. The zero-order chi connectivity index (χ0) is 14.4. The van der Waals surface area contributed by atoms with E-state index in [-0.39, 0.29) is 6.42 Å². The number of aliphatic hydroxyl groups excluding tert-OH is 1. The molecule has 0 saturated carbocycles. The van der Waals surface area contributed by atoms with Crippen molar-refractivity contribution in [3.05, 3.63) is 23.8 Å². The molecule has 0 fully saturated rings. The molecule has 20 heavy (non-hydrogen) atoms. The van der Waals surface area contributed by atoms with Crippen LogP contribution >= 0.6 is 0 Å². The number of rotatable bonds is 6. The highest BCUT2D eigenvalue weighted by Gasteiger charge is 2.14. The minimum Gasteiger partial charge on any atom is -0.490 e. The molecule has 0 bridgehead atoms. The number of carboxylic acid groups (broad SMARTS) is 1. The Morgan fingerprint density at radius 2 is 1.95 bits per heavy atom. The molecule has 5 heteroatoms. The van der Waals surface area contributed by atoms with Gasteiger partial charge in [-0.25, -0.2) is 0 Å². The van der Waals surface area contributed by atoms with Gasteiger partial charge in [0, 0.05) is 12.8 Å². The molecule has 0 aromatic heterocycles. The molecule has 1 aliphatic rings. The van der Waals surface area contributed by atoms with Crippen LogP contribution in [0.1, 0.15) is 43.8 Å². The van der Waals surface area contributed by atoms with E-state index in [4.69, 9.17) is 14.6 Å². The van der Waals surface area contributed by atoms with Gasteiger partial charge < -0.3 is 19.7 Å². The molecule has 1 heterocycles. The van der Waals surface area contributed by atoms with E-state index in [9.17, 15) is 9.90 Å². The average molecular weight is 280 g/mol. The third-order valence-corrected chi connectivity index (χ3v) is 3.27. The van der Waals surface area contributed by atoms with Crippen LogP contribution in [0.4, 0.5) is 0 Å². The molecule has 1 aromatic carbocycles. The lowest BCUT2D eigenvalue weighted by Crippen LogP contribution is -2.00. The number of ether oxygens (including phenoxy) is 2. The van der Waals surface area contributed by atoms with Gasteiger partial charge in [0.1, 0.15) is 0 Å². The summed E-state index contributed by atoms with van der Waals surface area (Å²) < 4.78 is 11.1. The number of aliphatic hydroxyl groups is 1. The molecule has 110 valence electrons. The molecule has 1 aliphatic heterocycles. The predicted molar refractivity (Wildman–Crippen MR) is 73.1 cm³/mol. The van der Waals surface area contributed by atoms with Crippen LogP contribution in [-0.4, -0.2) is 29.4 Å². The fourth-order valence-electron chi connectivity index (χ4n) is 2.17. The van der Waals surface area contributed by atoms with E-state index in [1.807, 2.05) is 18.2 Å². The summed E-state index contributed by atoms with van der Waals surface area (Å²) in [4.78, 5) is 10.4. The van der Waals surface area contributed by atoms with Crippen molar-refractivity contribution in [1.29, 1.82) is 0 Å². The van der Waals surface area contributed by atoms with Crippen LogP contribution < -0.4 is 9.47 Å². The van der Waals surface area contributed by atoms with Gasteiger partial charge >= 0.3 is 5.97 Å². The Hall–Kier alpha value is -1.75. The Bertz CT molecular complexity index is 458. The molecule has 0 saturated heterocycles. The van der Waals surface area contributed by atoms with E-state index in [1.165, 1.54) is 0 Å². The second-order valence-corrected chi connectivity index (χ2v) is 4.91. The van der Waals surface area contributed by atoms with Crippen LogP contribution in [0.5, 0.6) is 11.5 Å². The number of aliphatic carboxylic acids is 1. The van der Waals surface area contributed by atoms with Crippen LogP contribution in [0.15, 0.2) is 18.2 Å². The smallest absolute Gasteiger partial charge is 0.303 e. The lowest BCUT2D eigenvalue weighted by molar-refractivity contribution is -0.137. The van der Waals surface area contributed by atoms with Gasteiger partial charge in [0.05, 0.1) is 19.3 Å². The van der Waals surface area contributed by atoms with E-state index in [0.29, 0.717) is 44.0 Å². The Kier molecular flexibility index (Phi) is 5.24. The van der Waals surface area contributed by atoms with Crippen LogP contribution in [0.25, 0.3) is 0 Å². The lowest BCUT2D eigenvalue weighted by Gasteiger charge is -2.13. The number of benzene rings is 1. The minimum atomic E-state index is -0.796. The molecule has 2 N–H and O–H groups in total.